The van der Waals surface area contributed by atoms with Gasteiger partial charge in [0.1, 0.15) is 11.6 Å². The van der Waals surface area contributed by atoms with E-state index in [1.165, 1.54) is 12.2 Å². The van der Waals surface area contributed by atoms with Crippen LogP contribution in [0.2, 0.25) is 0 Å². The highest BCUT2D eigenvalue weighted by atomic mass is 19.1. The molecule has 2 heterocycles. The standard InChI is InChI=1S/C22H26F2N2O3/c23-17-11-15(12-18(24)13-17)1-4-20(27)25-14-19-5-6-22(29-19)7-9-26(10-8-22)21(28)16-2-3-16/h1,4,11-13,16,19H,2-3,5-10,14H2,(H,25,27)/b4-1+/t19-/m0/s1. The molecule has 5 nitrogen and oxygen atoms in total. The number of rotatable bonds is 5. The Morgan fingerprint density at radius 2 is 1.79 bits per heavy atom. The molecule has 2 aliphatic heterocycles. The Labute approximate surface area is 169 Å². The van der Waals surface area contributed by atoms with Crippen LogP contribution in [-0.4, -0.2) is 48.1 Å². The van der Waals surface area contributed by atoms with Crippen LogP contribution in [0.3, 0.4) is 0 Å². The molecule has 0 bridgehead atoms. The number of piperidine rings is 1. The molecule has 0 unspecified atom stereocenters. The third kappa shape index (κ3) is 5.01. The van der Waals surface area contributed by atoms with Crippen molar-refractivity contribution in [1.82, 2.24) is 10.2 Å². The molecule has 3 fully saturated rings. The second-order valence-corrected chi connectivity index (χ2v) is 8.34. The van der Waals surface area contributed by atoms with Gasteiger partial charge in [0.2, 0.25) is 11.8 Å². The summed E-state index contributed by atoms with van der Waals surface area (Å²) >= 11 is 0. The topological polar surface area (TPSA) is 58.6 Å². The lowest BCUT2D eigenvalue weighted by Gasteiger charge is -2.39. The number of likely N-dealkylation sites (tertiary alicyclic amines) is 1. The number of carbonyl (C=O) groups is 2. The Bertz CT molecular complexity index is 794. The molecule has 1 aromatic rings. The van der Waals surface area contributed by atoms with Crippen LogP contribution in [0.5, 0.6) is 0 Å². The van der Waals surface area contributed by atoms with E-state index in [1.807, 2.05) is 4.90 Å². The van der Waals surface area contributed by atoms with Gasteiger partial charge < -0.3 is 15.0 Å². The normalized spacial score (nSPS) is 23.7. The van der Waals surface area contributed by atoms with Gasteiger partial charge in [-0.05, 0) is 62.3 Å². The van der Waals surface area contributed by atoms with Crippen molar-refractivity contribution < 1.29 is 23.1 Å². The van der Waals surface area contributed by atoms with Gasteiger partial charge in [0.05, 0.1) is 11.7 Å². The number of nitrogens with one attached hydrogen (secondary N) is 1. The maximum Gasteiger partial charge on any atom is 0.244 e. The largest absolute Gasteiger partial charge is 0.370 e. The molecule has 29 heavy (non-hydrogen) atoms. The van der Waals surface area contributed by atoms with Gasteiger partial charge in [-0.2, -0.15) is 0 Å². The van der Waals surface area contributed by atoms with Gasteiger partial charge in [-0.3, -0.25) is 9.59 Å². The van der Waals surface area contributed by atoms with E-state index >= 15 is 0 Å². The molecule has 1 aliphatic carbocycles. The van der Waals surface area contributed by atoms with Gasteiger partial charge in [0.15, 0.2) is 0 Å². The number of benzene rings is 1. The average Bonchev–Trinajstić information content (AvgIpc) is 3.47. The van der Waals surface area contributed by atoms with Crippen LogP contribution in [0.4, 0.5) is 8.78 Å². The number of hydrogen-bond acceptors (Lipinski definition) is 3. The minimum Gasteiger partial charge on any atom is -0.370 e. The Hall–Kier alpha value is -2.28. The van der Waals surface area contributed by atoms with Crippen LogP contribution >= 0.6 is 0 Å². The zero-order valence-corrected chi connectivity index (χ0v) is 16.3. The van der Waals surface area contributed by atoms with Crippen molar-refractivity contribution in [1.29, 1.82) is 0 Å². The minimum atomic E-state index is -0.681. The van der Waals surface area contributed by atoms with E-state index in [4.69, 9.17) is 4.74 Å². The summed E-state index contributed by atoms with van der Waals surface area (Å²) in [6.45, 7) is 1.90. The van der Waals surface area contributed by atoms with Crippen molar-refractivity contribution in [2.75, 3.05) is 19.6 Å². The van der Waals surface area contributed by atoms with E-state index in [9.17, 15) is 18.4 Å². The number of amides is 2. The molecule has 2 saturated heterocycles. The summed E-state index contributed by atoms with van der Waals surface area (Å²) in [7, 11) is 0. The summed E-state index contributed by atoms with van der Waals surface area (Å²) in [5.74, 6) is -1.14. The van der Waals surface area contributed by atoms with Gasteiger partial charge in [-0.1, -0.05) is 0 Å². The molecular formula is C22H26F2N2O3. The van der Waals surface area contributed by atoms with Crippen molar-refractivity contribution in [2.45, 2.75) is 50.2 Å². The van der Waals surface area contributed by atoms with E-state index in [-0.39, 0.29) is 23.5 Å². The molecule has 1 aromatic carbocycles. The highest BCUT2D eigenvalue weighted by molar-refractivity contribution is 5.91. The highest BCUT2D eigenvalue weighted by Gasteiger charge is 2.44. The Balaban J connectivity index is 1.21. The summed E-state index contributed by atoms with van der Waals surface area (Å²) < 4.78 is 32.6. The third-order valence-electron chi connectivity index (χ3n) is 6.07. The molecule has 7 heteroatoms. The third-order valence-corrected chi connectivity index (χ3v) is 6.07. The number of hydrogen-bond donors (Lipinski definition) is 1. The van der Waals surface area contributed by atoms with Gasteiger partial charge in [0, 0.05) is 37.7 Å². The summed E-state index contributed by atoms with van der Waals surface area (Å²) in [5.41, 5.74) is 0.117. The van der Waals surface area contributed by atoms with Gasteiger partial charge in [-0.15, -0.1) is 0 Å². The van der Waals surface area contributed by atoms with Crippen molar-refractivity contribution >= 4 is 17.9 Å². The van der Waals surface area contributed by atoms with Crippen molar-refractivity contribution in [3.05, 3.63) is 41.5 Å². The lowest BCUT2D eigenvalue weighted by molar-refractivity contribution is -0.139. The van der Waals surface area contributed by atoms with Gasteiger partial charge >= 0.3 is 0 Å². The zero-order valence-electron chi connectivity index (χ0n) is 16.3. The van der Waals surface area contributed by atoms with Gasteiger partial charge in [-0.25, -0.2) is 8.78 Å². The zero-order chi connectivity index (χ0) is 20.4. The van der Waals surface area contributed by atoms with Crippen LogP contribution in [0, 0.1) is 17.6 Å². The molecule has 1 saturated carbocycles. The molecule has 1 spiro atoms. The fourth-order valence-electron chi connectivity index (χ4n) is 4.25. The second-order valence-electron chi connectivity index (χ2n) is 8.34. The molecule has 0 radical (unpaired) electrons. The molecule has 0 aromatic heterocycles. The molecule has 2 amide bonds. The first-order valence-corrected chi connectivity index (χ1v) is 10.3. The van der Waals surface area contributed by atoms with Crippen molar-refractivity contribution in [3.8, 4) is 0 Å². The van der Waals surface area contributed by atoms with E-state index in [0.29, 0.717) is 18.0 Å². The predicted octanol–water partition coefficient (Wildman–Crippen LogP) is 3.04. The molecule has 4 rings (SSSR count). The predicted molar refractivity (Wildman–Crippen MR) is 104 cm³/mol. The minimum absolute atomic E-state index is 0.0513. The first kappa shape index (κ1) is 20.0. The maximum atomic E-state index is 13.2. The summed E-state index contributed by atoms with van der Waals surface area (Å²) in [4.78, 5) is 26.2. The van der Waals surface area contributed by atoms with Crippen LogP contribution in [-0.2, 0) is 14.3 Å². The van der Waals surface area contributed by atoms with Crippen LogP contribution < -0.4 is 5.32 Å². The highest BCUT2D eigenvalue weighted by Crippen LogP contribution is 2.40. The Morgan fingerprint density at radius 1 is 1.10 bits per heavy atom. The van der Waals surface area contributed by atoms with Gasteiger partial charge in [0.25, 0.3) is 0 Å². The lowest BCUT2D eigenvalue weighted by atomic mass is 9.88. The molecular weight excluding hydrogens is 378 g/mol. The average molecular weight is 404 g/mol. The number of carbonyl (C=O) groups excluding carboxylic acids is 2. The fourth-order valence-corrected chi connectivity index (χ4v) is 4.25. The number of ether oxygens (including phenoxy) is 1. The molecule has 156 valence electrons. The van der Waals surface area contributed by atoms with E-state index in [2.05, 4.69) is 5.32 Å². The maximum absolute atomic E-state index is 13.2. The van der Waals surface area contributed by atoms with Crippen LogP contribution in [0.15, 0.2) is 24.3 Å². The summed E-state index contributed by atoms with van der Waals surface area (Å²) in [6, 6.07) is 3.12. The van der Waals surface area contributed by atoms with E-state index in [0.717, 1.165) is 69.8 Å². The van der Waals surface area contributed by atoms with E-state index < -0.39 is 11.6 Å². The monoisotopic (exact) mass is 404 g/mol. The smallest absolute Gasteiger partial charge is 0.244 e. The second kappa shape index (κ2) is 8.22. The number of halogens is 2. The van der Waals surface area contributed by atoms with E-state index in [1.54, 1.807) is 0 Å². The lowest BCUT2D eigenvalue weighted by Crippen LogP contribution is -2.47. The SMILES string of the molecule is O=C(/C=C/c1cc(F)cc(F)c1)NC[C@@H]1CCC2(CCN(C(=O)C3CC3)CC2)O1. The summed E-state index contributed by atoms with van der Waals surface area (Å²) in [6.07, 6.45) is 8.16. The molecule has 1 atom stereocenters. The van der Waals surface area contributed by atoms with Crippen molar-refractivity contribution in [2.24, 2.45) is 5.92 Å². The molecule has 1 N–H and O–H groups in total. The number of nitrogens with zero attached hydrogens (tertiary/aromatic N) is 1. The van der Waals surface area contributed by atoms with Crippen LogP contribution in [0.25, 0.3) is 6.08 Å². The van der Waals surface area contributed by atoms with Crippen molar-refractivity contribution in [3.63, 3.8) is 0 Å². The quantitative estimate of drug-likeness (QED) is 0.768. The first-order valence-electron chi connectivity index (χ1n) is 10.3. The molecule has 3 aliphatic rings. The van der Waals surface area contributed by atoms with Crippen LogP contribution in [0.1, 0.15) is 44.1 Å². The first-order chi connectivity index (χ1) is 13.9. The fraction of sp³-hybridized carbons (Fsp3) is 0.545. The summed E-state index contributed by atoms with van der Waals surface area (Å²) in [5, 5.41) is 2.79. The Morgan fingerprint density at radius 3 is 2.45 bits per heavy atom. The Kier molecular flexibility index (Phi) is 5.67.